The Labute approximate surface area is 195 Å². The molecule has 0 amide bonds. The first kappa shape index (κ1) is 22.7. The van der Waals surface area contributed by atoms with Crippen molar-refractivity contribution in [3.8, 4) is 11.1 Å². The minimum absolute atomic E-state index is 0.0363. The Kier molecular flexibility index (Phi) is 6.37. The standard InChI is InChI=1S/C23H20N6O4S/c24-22-26-20(27-23(25)28-22)14-33-21(30)16-9-6-10-17(13-16)34(31,32)29-19-12-5-4-11-18(19)15-7-2-1-3-8-15/h1-13,29H,14H2,(H4,24,25,26,27,28). The lowest BCUT2D eigenvalue weighted by Gasteiger charge is -2.13. The molecule has 10 nitrogen and oxygen atoms in total. The van der Waals surface area contributed by atoms with Crippen molar-refractivity contribution in [2.75, 3.05) is 16.2 Å². The molecule has 0 saturated carbocycles. The van der Waals surface area contributed by atoms with Crippen molar-refractivity contribution < 1.29 is 17.9 Å². The number of nitrogens with one attached hydrogen (secondary N) is 1. The van der Waals surface area contributed by atoms with Crippen LogP contribution in [0.25, 0.3) is 11.1 Å². The Morgan fingerprint density at radius 2 is 1.53 bits per heavy atom. The van der Waals surface area contributed by atoms with Gasteiger partial charge in [-0.25, -0.2) is 13.2 Å². The number of para-hydroxylation sites is 1. The maximum atomic E-state index is 13.1. The fraction of sp³-hybridized carbons (Fsp3) is 0.0435. The Hall–Kier alpha value is -4.51. The van der Waals surface area contributed by atoms with Crippen molar-refractivity contribution in [2.45, 2.75) is 11.5 Å². The smallest absolute Gasteiger partial charge is 0.338 e. The Balaban J connectivity index is 1.54. The zero-order valence-corrected chi connectivity index (χ0v) is 18.6. The van der Waals surface area contributed by atoms with Crippen LogP contribution in [0.1, 0.15) is 16.2 Å². The molecule has 0 aliphatic rings. The predicted octanol–water partition coefficient (Wildman–Crippen LogP) is 2.86. The molecule has 11 heteroatoms. The zero-order valence-electron chi connectivity index (χ0n) is 17.8. The van der Waals surface area contributed by atoms with Gasteiger partial charge in [0, 0.05) is 5.56 Å². The van der Waals surface area contributed by atoms with E-state index in [0.29, 0.717) is 5.69 Å². The molecule has 0 unspecified atom stereocenters. The highest BCUT2D eigenvalue weighted by atomic mass is 32.2. The van der Waals surface area contributed by atoms with Gasteiger partial charge in [0.15, 0.2) is 12.4 Å². The number of anilines is 3. The molecule has 172 valence electrons. The molecule has 5 N–H and O–H groups in total. The summed E-state index contributed by atoms with van der Waals surface area (Å²) >= 11 is 0. The van der Waals surface area contributed by atoms with Crippen molar-refractivity contribution in [1.82, 2.24) is 15.0 Å². The average Bonchev–Trinajstić information content (AvgIpc) is 2.83. The summed E-state index contributed by atoms with van der Waals surface area (Å²) in [6.45, 7) is -0.310. The van der Waals surface area contributed by atoms with E-state index in [0.717, 1.165) is 11.1 Å². The van der Waals surface area contributed by atoms with Gasteiger partial charge in [-0.3, -0.25) is 4.72 Å². The fourth-order valence-corrected chi connectivity index (χ4v) is 4.30. The monoisotopic (exact) mass is 476 g/mol. The van der Waals surface area contributed by atoms with Gasteiger partial charge in [0.25, 0.3) is 10.0 Å². The van der Waals surface area contributed by atoms with Crippen molar-refractivity contribution in [3.63, 3.8) is 0 Å². The van der Waals surface area contributed by atoms with Crippen LogP contribution < -0.4 is 16.2 Å². The van der Waals surface area contributed by atoms with E-state index in [4.69, 9.17) is 16.2 Å². The van der Waals surface area contributed by atoms with E-state index in [2.05, 4.69) is 19.7 Å². The van der Waals surface area contributed by atoms with Gasteiger partial charge in [-0.05, 0) is 29.8 Å². The van der Waals surface area contributed by atoms with E-state index in [9.17, 15) is 13.2 Å². The van der Waals surface area contributed by atoms with E-state index in [1.54, 1.807) is 12.1 Å². The molecule has 0 fully saturated rings. The highest BCUT2D eigenvalue weighted by molar-refractivity contribution is 7.92. The van der Waals surface area contributed by atoms with Crippen molar-refractivity contribution in [2.24, 2.45) is 0 Å². The third-order valence-corrected chi connectivity index (χ3v) is 6.05. The van der Waals surface area contributed by atoms with E-state index in [1.807, 2.05) is 42.5 Å². The highest BCUT2D eigenvalue weighted by Gasteiger charge is 2.19. The molecule has 34 heavy (non-hydrogen) atoms. The lowest BCUT2D eigenvalue weighted by molar-refractivity contribution is 0.0462. The van der Waals surface area contributed by atoms with E-state index < -0.39 is 16.0 Å². The second-order valence-corrected chi connectivity index (χ2v) is 8.77. The summed E-state index contributed by atoms with van der Waals surface area (Å²) < 4.78 is 34.0. The molecule has 1 heterocycles. The molecule has 0 aliphatic heterocycles. The summed E-state index contributed by atoms with van der Waals surface area (Å²) in [6, 6.07) is 22.0. The van der Waals surface area contributed by atoms with Gasteiger partial charge in [-0.1, -0.05) is 54.6 Å². The second-order valence-electron chi connectivity index (χ2n) is 7.09. The number of nitrogen functional groups attached to an aromatic ring is 2. The number of rotatable bonds is 7. The first-order chi connectivity index (χ1) is 16.3. The number of carbonyl (C=O) groups is 1. The molecule has 0 radical (unpaired) electrons. The topological polar surface area (TPSA) is 163 Å². The third kappa shape index (κ3) is 5.27. The van der Waals surface area contributed by atoms with Crippen LogP contribution in [0.2, 0.25) is 0 Å². The Morgan fingerprint density at radius 3 is 2.26 bits per heavy atom. The van der Waals surface area contributed by atoms with Crippen LogP contribution >= 0.6 is 0 Å². The Morgan fingerprint density at radius 1 is 0.853 bits per heavy atom. The van der Waals surface area contributed by atoms with E-state index >= 15 is 0 Å². The van der Waals surface area contributed by atoms with Gasteiger partial charge in [0.2, 0.25) is 11.9 Å². The van der Waals surface area contributed by atoms with Crippen LogP contribution in [0, 0.1) is 0 Å². The molecule has 0 saturated heterocycles. The molecular formula is C23H20N6O4S. The molecule has 0 atom stereocenters. The second kappa shape index (κ2) is 9.55. The third-order valence-electron chi connectivity index (χ3n) is 4.68. The average molecular weight is 477 g/mol. The SMILES string of the molecule is Nc1nc(N)nc(COC(=O)c2cccc(S(=O)(=O)Nc3ccccc3-c3ccccc3)c2)n1. The van der Waals surface area contributed by atoms with Crippen LogP contribution in [-0.4, -0.2) is 29.3 Å². The first-order valence-corrected chi connectivity index (χ1v) is 11.5. The van der Waals surface area contributed by atoms with Crippen LogP contribution in [0.3, 0.4) is 0 Å². The summed E-state index contributed by atoms with van der Waals surface area (Å²) in [6.07, 6.45) is 0. The number of nitrogens with zero attached hydrogens (tertiary/aromatic N) is 3. The van der Waals surface area contributed by atoms with Gasteiger partial charge in [0.05, 0.1) is 16.1 Å². The summed E-state index contributed by atoms with van der Waals surface area (Å²) in [4.78, 5) is 23.7. The van der Waals surface area contributed by atoms with Gasteiger partial charge in [-0.2, -0.15) is 15.0 Å². The summed E-state index contributed by atoms with van der Waals surface area (Å²) in [7, 11) is -4.00. The van der Waals surface area contributed by atoms with Gasteiger partial charge >= 0.3 is 5.97 Å². The van der Waals surface area contributed by atoms with Crippen LogP contribution in [0.5, 0.6) is 0 Å². The molecule has 0 spiro atoms. The first-order valence-electron chi connectivity index (χ1n) is 10.0. The summed E-state index contributed by atoms with van der Waals surface area (Å²) in [5.74, 6) is -0.900. The highest BCUT2D eigenvalue weighted by Crippen LogP contribution is 2.29. The largest absolute Gasteiger partial charge is 0.454 e. The number of aromatic nitrogens is 3. The van der Waals surface area contributed by atoms with Crippen molar-refractivity contribution in [1.29, 1.82) is 0 Å². The number of benzene rings is 3. The maximum Gasteiger partial charge on any atom is 0.338 e. The number of sulfonamides is 1. The van der Waals surface area contributed by atoms with Crippen LogP contribution in [0.15, 0.2) is 83.8 Å². The maximum absolute atomic E-state index is 13.1. The lowest BCUT2D eigenvalue weighted by Crippen LogP contribution is -2.15. The molecule has 3 aromatic carbocycles. The van der Waals surface area contributed by atoms with Gasteiger partial charge in [0.1, 0.15) is 0 Å². The normalized spacial score (nSPS) is 11.1. The molecular weight excluding hydrogens is 456 g/mol. The zero-order chi connectivity index (χ0) is 24.1. The molecule has 0 aliphatic carbocycles. The number of hydrogen-bond donors (Lipinski definition) is 3. The quantitative estimate of drug-likeness (QED) is 0.340. The fourth-order valence-electron chi connectivity index (χ4n) is 3.17. The van der Waals surface area contributed by atoms with Gasteiger partial charge < -0.3 is 16.2 Å². The van der Waals surface area contributed by atoms with Crippen LogP contribution in [-0.2, 0) is 21.4 Å². The number of nitrogens with two attached hydrogens (primary N) is 2. The predicted molar refractivity (Wildman–Crippen MR) is 127 cm³/mol. The van der Waals surface area contributed by atoms with Gasteiger partial charge in [-0.15, -0.1) is 0 Å². The molecule has 4 aromatic rings. The number of ether oxygens (including phenoxy) is 1. The van der Waals surface area contributed by atoms with E-state index in [1.165, 1.54) is 24.3 Å². The molecule has 0 bridgehead atoms. The number of carbonyl (C=O) groups excluding carboxylic acids is 1. The minimum atomic E-state index is -4.00. The Bertz CT molecular complexity index is 1420. The minimum Gasteiger partial charge on any atom is -0.454 e. The molecule has 1 aromatic heterocycles. The molecule has 4 rings (SSSR count). The number of hydrogen-bond acceptors (Lipinski definition) is 9. The van der Waals surface area contributed by atoms with Crippen LogP contribution in [0.4, 0.5) is 17.6 Å². The summed E-state index contributed by atoms with van der Waals surface area (Å²) in [5, 5.41) is 0. The van der Waals surface area contributed by atoms with Crippen molar-refractivity contribution in [3.05, 3.63) is 90.3 Å². The number of esters is 1. The van der Waals surface area contributed by atoms with E-state index in [-0.39, 0.29) is 34.8 Å². The summed E-state index contributed by atoms with van der Waals surface area (Å²) in [5.41, 5.74) is 13.0. The lowest BCUT2D eigenvalue weighted by atomic mass is 10.0. The van der Waals surface area contributed by atoms with Crippen molar-refractivity contribution >= 4 is 33.6 Å².